The number of halogens is 2. The second-order valence-electron chi connectivity index (χ2n) is 5.10. The van der Waals surface area contributed by atoms with Crippen molar-refractivity contribution in [1.82, 2.24) is 0 Å². The first-order chi connectivity index (χ1) is 8.74. The first kappa shape index (κ1) is 11.8. The van der Waals surface area contributed by atoms with Crippen LogP contribution in [0.4, 0.5) is 14.5 Å². The Hall–Kier alpha value is -1.32. The lowest BCUT2D eigenvalue weighted by Gasteiger charge is -2.27. The minimum Gasteiger partial charge on any atom is -0.484 e. The second kappa shape index (κ2) is 4.75. The van der Waals surface area contributed by atoms with E-state index in [0.717, 1.165) is 45.2 Å². The quantitative estimate of drug-likeness (QED) is 0.817. The van der Waals surface area contributed by atoms with Gasteiger partial charge >= 0.3 is 0 Å². The summed E-state index contributed by atoms with van der Waals surface area (Å²) in [4.78, 5) is 2.01. The Morgan fingerprint density at radius 3 is 2.11 bits per heavy atom. The molecule has 1 saturated carbocycles. The fourth-order valence-corrected chi connectivity index (χ4v) is 2.47. The molecule has 2 aliphatic rings. The number of benzene rings is 1. The molecule has 0 amide bonds. The highest BCUT2D eigenvalue weighted by atomic mass is 19.1. The molecule has 0 aromatic heterocycles. The molecule has 1 aromatic carbocycles. The first-order valence-electron chi connectivity index (χ1n) is 6.65. The molecule has 0 radical (unpaired) electrons. The molecule has 0 atom stereocenters. The van der Waals surface area contributed by atoms with E-state index in [-0.39, 0.29) is 11.9 Å². The van der Waals surface area contributed by atoms with Gasteiger partial charge in [-0.2, -0.15) is 0 Å². The Morgan fingerprint density at radius 1 is 1.00 bits per heavy atom. The first-order valence-corrected chi connectivity index (χ1v) is 6.65. The third-order valence-electron chi connectivity index (χ3n) is 3.79. The van der Waals surface area contributed by atoms with Crippen molar-refractivity contribution < 1.29 is 13.5 Å². The number of ether oxygens (including phenoxy) is 1. The summed E-state index contributed by atoms with van der Waals surface area (Å²) in [5.41, 5.74) is 0.628. The van der Waals surface area contributed by atoms with E-state index in [1.807, 2.05) is 4.90 Å². The van der Waals surface area contributed by atoms with Crippen molar-refractivity contribution in [3.8, 4) is 5.75 Å². The predicted molar refractivity (Wildman–Crippen MR) is 66.1 cm³/mol. The molecule has 18 heavy (non-hydrogen) atoms. The highest BCUT2D eigenvalue weighted by Crippen LogP contribution is 2.33. The van der Waals surface area contributed by atoms with Gasteiger partial charge in [0.1, 0.15) is 0 Å². The van der Waals surface area contributed by atoms with Crippen LogP contribution >= 0.6 is 0 Å². The minimum absolute atomic E-state index is 0.00774. The molecular formula is C14H17F2NO. The van der Waals surface area contributed by atoms with E-state index in [9.17, 15) is 8.78 Å². The Kier molecular flexibility index (Phi) is 3.10. The lowest BCUT2D eigenvalue weighted by molar-refractivity contribution is 0.109. The van der Waals surface area contributed by atoms with Crippen LogP contribution in [-0.4, -0.2) is 19.2 Å². The summed E-state index contributed by atoms with van der Waals surface area (Å²) in [6.07, 6.45) is 5.04. The summed E-state index contributed by atoms with van der Waals surface area (Å²) in [5.74, 6) is -1.37. The monoisotopic (exact) mass is 253 g/mol. The zero-order valence-electron chi connectivity index (χ0n) is 10.3. The lowest BCUT2D eigenvalue weighted by atomic mass is 9.96. The molecule has 0 N–H and O–H groups in total. The molecular weight excluding hydrogens is 236 g/mol. The number of hydrogen-bond donors (Lipinski definition) is 0. The fraction of sp³-hybridized carbons (Fsp3) is 0.571. The van der Waals surface area contributed by atoms with Crippen LogP contribution < -0.4 is 9.64 Å². The van der Waals surface area contributed by atoms with Crippen LogP contribution in [0.25, 0.3) is 0 Å². The molecule has 1 aromatic rings. The van der Waals surface area contributed by atoms with Gasteiger partial charge in [0.15, 0.2) is 17.4 Å². The Balaban J connectivity index is 1.82. The highest BCUT2D eigenvalue weighted by Gasteiger charge is 2.24. The average Bonchev–Trinajstić information content (AvgIpc) is 2.78. The summed E-state index contributed by atoms with van der Waals surface area (Å²) < 4.78 is 33.1. The zero-order chi connectivity index (χ0) is 12.5. The summed E-state index contributed by atoms with van der Waals surface area (Å²) >= 11 is 0. The standard InChI is InChI=1S/C14H17F2NO/c15-12-8-10(17-6-1-2-7-17)9-13(16)14(12)18-11-4-3-5-11/h8-9,11H,1-7H2. The topological polar surface area (TPSA) is 12.5 Å². The van der Waals surface area contributed by atoms with Crippen LogP contribution in [0.2, 0.25) is 0 Å². The van der Waals surface area contributed by atoms with E-state index < -0.39 is 11.6 Å². The highest BCUT2D eigenvalue weighted by molar-refractivity contribution is 5.51. The van der Waals surface area contributed by atoms with Gasteiger partial charge in [0.2, 0.25) is 0 Å². The van der Waals surface area contributed by atoms with Gasteiger partial charge in [-0.05, 0) is 32.1 Å². The van der Waals surface area contributed by atoms with Gasteiger partial charge in [0.25, 0.3) is 0 Å². The fourth-order valence-electron chi connectivity index (χ4n) is 2.47. The summed E-state index contributed by atoms with van der Waals surface area (Å²) in [6.45, 7) is 1.75. The van der Waals surface area contributed by atoms with Crippen molar-refractivity contribution in [3.05, 3.63) is 23.8 Å². The molecule has 98 valence electrons. The molecule has 3 rings (SSSR count). The molecule has 2 nitrogen and oxygen atoms in total. The van der Waals surface area contributed by atoms with Gasteiger partial charge in [-0.3, -0.25) is 0 Å². The van der Waals surface area contributed by atoms with Crippen molar-refractivity contribution in [2.75, 3.05) is 18.0 Å². The van der Waals surface area contributed by atoms with Crippen LogP contribution in [0.1, 0.15) is 32.1 Å². The molecule has 4 heteroatoms. The van der Waals surface area contributed by atoms with Gasteiger partial charge < -0.3 is 9.64 Å². The number of anilines is 1. The van der Waals surface area contributed by atoms with Crippen LogP contribution in [0.5, 0.6) is 5.75 Å². The molecule has 0 spiro atoms. The third-order valence-corrected chi connectivity index (χ3v) is 3.79. The lowest BCUT2D eigenvalue weighted by Crippen LogP contribution is -2.25. The van der Waals surface area contributed by atoms with E-state index in [1.54, 1.807) is 0 Å². The SMILES string of the molecule is Fc1cc(N2CCCC2)cc(F)c1OC1CCC1. The normalized spacial score (nSPS) is 20.0. The number of nitrogens with zero attached hydrogens (tertiary/aromatic N) is 1. The molecule has 0 unspecified atom stereocenters. The van der Waals surface area contributed by atoms with Crippen molar-refractivity contribution in [2.45, 2.75) is 38.2 Å². The minimum atomic E-state index is -0.580. The Morgan fingerprint density at radius 2 is 1.61 bits per heavy atom. The van der Waals surface area contributed by atoms with Crippen LogP contribution in [0.15, 0.2) is 12.1 Å². The van der Waals surface area contributed by atoms with Crippen LogP contribution in [-0.2, 0) is 0 Å². The van der Waals surface area contributed by atoms with Crippen molar-refractivity contribution in [1.29, 1.82) is 0 Å². The maximum absolute atomic E-state index is 13.9. The van der Waals surface area contributed by atoms with Gasteiger partial charge in [0.05, 0.1) is 6.10 Å². The van der Waals surface area contributed by atoms with Gasteiger partial charge in [-0.25, -0.2) is 8.78 Å². The third kappa shape index (κ3) is 2.16. The molecule has 1 aliphatic heterocycles. The summed E-state index contributed by atoms with van der Waals surface area (Å²) in [6, 6.07) is 2.78. The van der Waals surface area contributed by atoms with Gasteiger partial charge in [0, 0.05) is 30.9 Å². The Bertz CT molecular complexity index is 416. The second-order valence-corrected chi connectivity index (χ2v) is 5.10. The smallest absolute Gasteiger partial charge is 0.191 e. The van der Waals surface area contributed by atoms with Crippen molar-refractivity contribution >= 4 is 5.69 Å². The molecule has 1 heterocycles. The summed E-state index contributed by atoms with van der Waals surface area (Å²) in [7, 11) is 0. The average molecular weight is 253 g/mol. The zero-order valence-corrected chi connectivity index (χ0v) is 10.3. The van der Waals surface area contributed by atoms with E-state index in [4.69, 9.17) is 4.74 Å². The van der Waals surface area contributed by atoms with Crippen molar-refractivity contribution in [2.24, 2.45) is 0 Å². The predicted octanol–water partition coefficient (Wildman–Crippen LogP) is 3.50. The van der Waals surface area contributed by atoms with E-state index >= 15 is 0 Å². The van der Waals surface area contributed by atoms with E-state index in [2.05, 4.69) is 0 Å². The van der Waals surface area contributed by atoms with Gasteiger partial charge in [-0.15, -0.1) is 0 Å². The van der Waals surface area contributed by atoms with Crippen LogP contribution in [0.3, 0.4) is 0 Å². The largest absolute Gasteiger partial charge is 0.484 e. The van der Waals surface area contributed by atoms with Crippen LogP contribution in [0, 0.1) is 11.6 Å². The maximum atomic E-state index is 13.9. The molecule has 0 bridgehead atoms. The Labute approximate surface area is 106 Å². The molecule has 1 saturated heterocycles. The number of rotatable bonds is 3. The van der Waals surface area contributed by atoms with E-state index in [1.165, 1.54) is 12.1 Å². The van der Waals surface area contributed by atoms with Gasteiger partial charge in [-0.1, -0.05) is 0 Å². The summed E-state index contributed by atoms with van der Waals surface area (Å²) in [5, 5.41) is 0. The molecule has 1 aliphatic carbocycles. The maximum Gasteiger partial charge on any atom is 0.191 e. The van der Waals surface area contributed by atoms with E-state index in [0.29, 0.717) is 5.69 Å². The molecule has 2 fully saturated rings. The number of hydrogen-bond acceptors (Lipinski definition) is 2. The van der Waals surface area contributed by atoms with Crippen molar-refractivity contribution in [3.63, 3.8) is 0 Å².